The summed E-state index contributed by atoms with van der Waals surface area (Å²) in [5, 5.41) is 9.22. The monoisotopic (exact) mass is 148 g/mol. The van der Waals surface area contributed by atoms with Gasteiger partial charge < -0.3 is 14.6 Å². The van der Waals surface area contributed by atoms with Gasteiger partial charge in [-0.15, -0.1) is 0 Å². The van der Waals surface area contributed by atoms with Gasteiger partial charge >= 0.3 is 0 Å². The first-order chi connectivity index (χ1) is 4.48. The van der Waals surface area contributed by atoms with Gasteiger partial charge in [0.05, 0.1) is 6.10 Å². The molecule has 0 saturated carbocycles. The zero-order valence-corrected chi connectivity index (χ0v) is 7.05. The molecule has 0 aliphatic heterocycles. The predicted molar refractivity (Wildman–Crippen MR) is 38.7 cm³/mol. The summed E-state index contributed by atoms with van der Waals surface area (Å²) in [6.45, 7) is 5.59. The molecule has 0 aliphatic carbocycles. The number of methoxy groups -OCH3 is 1. The van der Waals surface area contributed by atoms with Crippen molar-refractivity contribution in [3.63, 3.8) is 0 Å². The van der Waals surface area contributed by atoms with Crippen LogP contribution in [0.3, 0.4) is 0 Å². The quantitative estimate of drug-likeness (QED) is 0.598. The number of rotatable bonds is 4. The highest BCUT2D eigenvalue weighted by molar-refractivity contribution is 4.56. The number of hydrogen-bond acceptors (Lipinski definition) is 3. The topological polar surface area (TPSA) is 38.7 Å². The van der Waals surface area contributed by atoms with Crippen LogP contribution in [0.15, 0.2) is 0 Å². The molecule has 1 unspecified atom stereocenters. The lowest BCUT2D eigenvalue weighted by Crippen LogP contribution is -2.33. The van der Waals surface area contributed by atoms with Crippen LogP contribution in [0.25, 0.3) is 0 Å². The smallest absolute Gasteiger partial charge is 0.186 e. The molecule has 0 radical (unpaired) electrons. The molecule has 0 aliphatic rings. The SMILES string of the molecule is COC(C)(O)COC(C)C. The van der Waals surface area contributed by atoms with Gasteiger partial charge in [-0.05, 0) is 20.8 Å². The number of hydrogen-bond donors (Lipinski definition) is 1. The Morgan fingerprint density at radius 1 is 1.50 bits per heavy atom. The molecule has 1 N–H and O–H groups in total. The molecule has 0 fully saturated rings. The van der Waals surface area contributed by atoms with Crippen molar-refractivity contribution in [2.45, 2.75) is 32.7 Å². The lowest BCUT2D eigenvalue weighted by atomic mass is 10.3. The maximum absolute atomic E-state index is 9.22. The molecule has 0 aromatic rings. The van der Waals surface area contributed by atoms with Crippen molar-refractivity contribution < 1.29 is 14.6 Å². The van der Waals surface area contributed by atoms with Crippen LogP contribution in [0, 0.1) is 0 Å². The fourth-order valence-corrected chi connectivity index (χ4v) is 0.380. The molecule has 0 rings (SSSR count). The average molecular weight is 148 g/mol. The van der Waals surface area contributed by atoms with E-state index in [9.17, 15) is 5.11 Å². The fraction of sp³-hybridized carbons (Fsp3) is 1.00. The van der Waals surface area contributed by atoms with Gasteiger partial charge in [-0.25, -0.2) is 0 Å². The van der Waals surface area contributed by atoms with Crippen molar-refractivity contribution in [2.24, 2.45) is 0 Å². The second-order valence-corrected chi connectivity index (χ2v) is 2.74. The third-order valence-corrected chi connectivity index (χ3v) is 1.12. The van der Waals surface area contributed by atoms with E-state index in [-0.39, 0.29) is 12.7 Å². The van der Waals surface area contributed by atoms with Crippen LogP contribution in [0.4, 0.5) is 0 Å². The molecule has 10 heavy (non-hydrogen) atoms. The van der Waals surface area contributed by atoms with Crippen LogP contribution in [0.2, 0.25) is 0 Å². The minimum atomic E-state index is -1.15. The summed E-state index contributed by atoms with van der Waals surface area (Å²) in [5.41, 5.74) is 0. The van der Waals surface area contributed by atoms with Gasteiger partial charge in [-0.2, -0.15) is 0 Å². The van der Waals surface area contributed by atoms with Gasteiger partial charge in [0, 0.05) is 7.11 Å². The molecule has 0 aromatic heterocycles. The van der Waals surface area contributed by atoms with Crippen LogP contribution in [-0.2, 0) is 9.47 Å². The van der Waals surface area contributed by atoms with Gasteiger partial charge in [-0.3, -0.25) is 0 Å². The summed E-state index contributed by atoms with van der Waals surface area (Å²) in [6, 6.07) is 0. The van der Waals surface area contributed by atoms with Crippen LogP contribution < -0.4 is 0 Å². The van der Waals surface area contributed by atoms with E-state index in [1.165, 1.54) is 7.11 Å². The summed E-state index contributed by atoms with van der Waals surface area (Å²) in [7, 11) is 1.45. The minimum Gasteiger partial charge on any atom is -0.373 e. The lowest BCUT2D eigenvalue weighted by Gasteiger charge is -2.22. The van der Waals surface area contributed by atoms with Gasteiger partial charge in [0.1, 0.15) is 6.61 Å². The van der Waals surface area contributed by atoms with Crippen LogP contribution in [0.5, 0.6) is 0 Å². The molecule has 0 bridgehead atoms. The molecule has 0 heterocycles. The molecule has 0 saturated heterocycles. The van der Waals surface area contributed by atoms with Crippen molar-refractivity contribution in [1.82, 2.24) is 0 Å². The van der Waals surface area contributed by atoms with Gasteiger partial charge in [0.2, 0.25) is 0 Å². The first-order valence-electron chi connectivity index (χ1n) is 3.37. The van der Waals surface area contributed by atoms with Crippen molar-refractivity contribution in [3.05, 3.63) is 0 Å². The Labute approximate surface area is 62.0 Å². The zero-order valence-electron chi connectivity index (χ0n) is 7.05. The third-order valence-electron chi connectivity index (χ3n) is 1.12. The molecule has 3 nitrogen and oxygen atoms in total. The van der Waals surface area contributed by atoms with Crippen molar-refractivity contribution in [2.75, 3.05) is 13.7 Å². The molecular weight excluding hydrogens is 132 g/mol. The standard InChI is InChI=1S/C7H16O3/c1-6(2)10-5-7(3,8)9-4/h6,8H,5H2,1-4H3. The van der Waals surface area contributed by atoms with E-state index in [2.05, 4.69) is 0 Å². The van der Waals surface area contributed by atoms with Gasteiger partial charge in [0.15, 0.2) is 5.79 Å². The largest absolute Gasteiger partial charge is 0.373 e. The van der Waals surface area contributed by atoms with Crippen LogP contribution in [-0.4, -0.2) is 30.7 Å². The number of ether oxygens (including phenoxy) is 2. The summed E-state index contributed by atoms with van der Waals surface area (Å²) in [5.74, 6) is -1.15. The highest BCUT2D eigenvalue weighted by atomic mass is 16.6. The summed E-state index contributed by atoms with van der Waals surface area (Å²) < 4.78 is 9.84. The molecule has 1 atom stereocenters. The fourth-order valence-electron chi connectivity index (χ4n) is 0.380. The Morgan fingerprint density at radius 3 is 2.30 bits per heavy atom. The average Bonchev–Trinajstić information content (AvgIpc) is 1.85. The zero-order chi connectivity index (χ0) is 8.20. The van der Waals surface area contributed by atoms with E-state index in [0.717, 1.165) is 0 Å². The Hall–Kier alpha value is -0.120. The van der Waals surface area contributed by atoms with E-state index in [4.69, 9.17) is 9.47 Å². The van der Waals surface area contributed by atoms with Crippen LogP contribution in [0.1, 0.15) is 20.8 Å². The van der Waals surface area contributed by atoms with Gasteiger partial charge in [0.25, 0.3) is 0 Å². The summed E-state index contributed by atoms with van der Waals surface area (Å²) >= 11 is 0. The highest BCUT2D eigenvalue weighted by Crippen LogP contribution is 2.05. The lowest BCUT2D eigenvalue weighted by molar-refractivity contribution is -0.210. The molecule has 3 heteroatoms. The third kappa shape index (κ3) is 4.73. The first-order valence-corrected chi connectivity index (χ1v) is 3.37. The second-order valence-electron chi connectivity index (χ2n) is 2.74. The Kier molecular flexibility index (Phi) is 3.86. The number of aliphatic hydroxyl groups is 1. The first kappa shape index (κ1) is 9.88. The molecule has 0 spiro atoms. The predicted octanol–water partition coefficient (Wildman–Crippen LogP) is 0.766. The van der Waals surface area contributed by atoms with E-state index in [0.29, 0.717) is 0 Å². The Balaban J connectivity index is 3.46. The molecule has 0 amide bonds. The summed E-state index contributed by atoms with van der Waals surface area (Å²) in [4.78, 5) is 0. The molecular formula is C7H16O3. The maximum Gasteiger partial charge on any atom is 0.186 e. The van der Waals surface area contributed by atoms with Crippen molar-refractivity contribution in [3.8, 4) is 0 Å². The highest BCUT2D eigenvalue weighted by Gasteiger charge is 2.19. The van der Waals surface area contributed by atoms with E-state index < -0.39 is 5.79 Å². The molecule has 0 aromatic carbocycles. The van der Waals surface area contributed by atoms with Crippen LogP contribution >= 0.6 is 0 Å². The van der Waals surface area contributed by atoms with E-state index >= 15 is 0 Å². The van der Waals surface area contributed by atoms with Crippen molar-refractivity contribution >= 4 is 0 Å². The second kappa shape index (κ2) is 3.91. The van der Waals surface area contributed by atoms with Gasteiger partial charge in [-0.1, -0.05) is 0 Å². The van der Waals surface area contributed by atoms with Crippen molar-refractivity contribution in [1.29, 1.82) is 0 Å². The molecule has 62 valence electrons. The minimum absolute atomic E-state index is 0.127. The van der Waals surface area contributed by atoms with E-state index in [1.54, 1.807) is 6.92 Å². The maximum atomic E-state index is 9.22. The van der Waals surface area contributed by atoms with E-state index in [1.807, 2.05) is 13.8 Å². The Morgan fingerprint density at radius 2 is 2.00 bits per heavy atom. The Bertz CT molecular complexity index is 88.9. The summed E-state index contributed by atoms with van der Waals surface area (Å²) in [6.07, 6.45) is 0.127. The normalized spacial score (nSPS) is 17.4.